The van der Waals surface area contributed by atoms with Gasteiger partial charge in [0.2, 0.25) is 0 Å². The molecular formula is C11H20. The van der Waals surface area contributed by atoms with E-state index in [1.165, 1.54) is 12.8 Å². The molecule has 0 spiro atoms. The molecule has 0 aromatic carbocycles. The van der Waals surface area contributed by atoms with Crippen LogP contribution in [0.15, 0.2) is 12.7 Å². The first kappa shape index (κ1) is 8.83. The molecule has 64 valence electrons. The van der Waals surface area contributed by atoms with Gasteiger partial charge in [0.25, 0.3) is 0 Å². The fourth-order valence-electron chi connectivity index (χ4n) is 2.33. The van der Waals surface area contributed by atoms with Crippen molar-refractivity contribution in [2.45, 2.75) is 33.6 Å². The van der Waals surface area contributed by atoms with Crippen molar-refractivity contribution in [1.29, 1.82) is 0 Å². The smallest absolute Gasteiger partial charge is 0.0182 e. The summed E-state index contributed by atoms with van der Waals surface area (Å²) in [5, 5.41) is 0. The lowest BCUT2D eigenvalue weighted by Gasteiger charge is -2.37. The summed E-state index contributed by atoms with van der Waals surface area (Å²) in [6.07, 6.45) is 4.96. The topological polar surface area (TPSA) is 0 Å². The van der Waals surface area contributed by atoms with E-state index in [1.54, 1.807) is 0 Å². The largest absolute Gasteiger partial charge is 0.103 e. The Morgan fingerprint density at radius 3 is 2.09 bits per heavy atom. The van der Waals surface area contributed by atoms with Crippen LogP contribution in [0.5, 0.6) is 0 Å². The molecule has 0 radical (unpaired) electrons. The Balaban J connectivity index is 2.62. The molecule has 4 atom stereocenters. The van der Waals surface area contributed by atoms with Crippen LogP contribution in [0, 0.1) is 23.7 Å². The fourth-order valence-corrected chi connectivity index (χ4v) is 2.33. The molecule has 0 aromatic rings. The molecule has 0 heteroatoms. The van der Waals surface area contributed by atoms with E-state index in [2.05, 4.69) is 33.4 Å². The minimum atomic E-state index is 0.763. The van der Waals surface area contributed by atoms with E-state index in [9.17, 15) is 0 Å². The predicted molar refractivity (Wildman–Crippen MR) is 50.4 cm³/mol. The van der Waals surface area contributed by atoms with Crippen LogP contribution in [0.3, 0.4) is 0 Å². The van der Waals surface area contributed by atoms with Crippen molar-refractivity contribution in [3.8, 4) is 0 Å². The van der Waals surface area contributed by atoms with Crippen LogP contribution in [0.25, 0.3) is 0 Å². The summed E-state index contributed by atoms with van der Waals surface area (Å²) in [4.78, 5) is 0. The van der Waals surface area contributed by atoms with Gasteiger partial charge in [-0.15, -0.1) is 6.58 Å². The van der Waals surface area contributed by atoms with Crippen molar-refractivity contribution < 1.29 is 0 Å². The molecule has 0 saturated heterocycles. The lowest BCUT2D eigenvalue weighted by atomic mass is 9.69. The Labute approximate surface area is 70.7 Å². The Hall–Kier alpha value is -0.260. The van der Waals surface area contributed by atoms with E-state index < -0.39 is 0 Å². The van der Waals surface area contributed by atoms with E-state index in [-0.39, 0.29) is 0 Å². The van der Waals surface area contributed by atoms with Crippen LogP contribution in [0.2, 0.25) is 0 Å². The average Bonchev–Trinajstić information content (AvgIpc) is 1.99. The van der Waals surface area contributed by atoms with Gasteiger partial charge in [-0.2, -0.15) is 0 Å². The molecule has 0 bridgehead atoms. The van der Waals surface area contributed by atoms with Gasteiger partial charge in [-0.25, -0.2) is 0 Å². The average molecular weight is 152 g/mol. The first-order valence-corrected chi connectivity index (χ1v) is 4.79. The molecule has 0 nitrogen and oxygen atoms in total. The molecule has 0 heterocycles. The van der Waals surface area contributed by atoms with Crippen LogP contribution >= 0.6 is 0 Å². The monoisotopic (exact) mass is 152 g/mol. The highest BCUT2D eigenvalue weighted by Crippen LogP contribution is 2.38. The molecule has 0 aromatic heterocycles. The maximum absolute atomic E-state index is 3.92. The van der Waals surface area contributed by atoms with Gasteiger partial charge in [-0.1, -0.05) is 33.3 Å². The molecule has 1 aliphatic carbocycles. The van der Waals surface area contributed by atoms with Crippen molar-refractivity contribution in [3.05, 3.63) is 12.7 Å². The molecular weight excluding hydrogens is 132 g/mol. The van der Waals surface area contributed by atoms with Crippen molar-refractivity contribution >= 4 is 0 Å². The van der Waals surface area contributed by atoms with Crippen molar-refractivity contribution in [1.82, 2.24) is 0 Å². The molecule has 1 rings (SSSR count). The molecule has 4 unspecified atom stereocenters. The highest BCUT2D eigenvalue weighted by Gasteiger charge is 2.29. The number of allylic oxidation sites excluding steroid dienone is 1. The highest BCUT2D eigenvalue weighted by molar-refractivity contribution is 4.91. The van der Waals surface area contributed by atoms with Crippen LogP contribution in [-0.4, -0.2) is 0 Å². The molecule has 0 aliphatic heterocycles. The second-order valence-corrected chi connectivity index (χ2v) is 4.20. The summed E-state index contributed by atoms with van der Waals surface area (Å²) in [5.74, 6) is 3.36. The molecule has 11 heavy (non-hydrogen) atoms. The summed E-state index contributed by atoms with van der Waals surface area (Å²) in [6.45, 7) is 11.0. The van der Waals surface area contributed by atoms with Gasteiger partial charge in [-0.3, -0.25) is 0 Å². The number of rotatable bonds is 1. The molecule has 1 fully saturated rings. The molecule has 1 aliphatic rings. The molecule has 0 N–H and O–H groups in total. The van der Waals surface area contributed by atoms with Crippen LogP contribution in [-0.2, 0) is 0 Å². The van der Waals surface area contributed by atoms with Crippen LogP contribution in [0.1, 0.15) is 33.6 Å². The zero-order valence-corrected chi connectivity index (χ0v) is 8.01. The summed E-state index contributed by atoms with van der Waals surface area (Å²) >= 11 is 0. The van der Waals surface area contributed by atoms with Crippen LogP contribution in [0.4, 0.5) is 0 Å². The summed E-state index contributed by atoms with van der Waals surface area (Å²) in [5.41, 5.74) is 0. The lowest BCUT2D eigenvalue weighted by molar-refractivity contribution is 0.159. The first-order valence-electron chi connectivity index (χ1n) is 4.79. The molecule has 0 amide bonds. The standard InChI is InChI=1S/C11H20/c1-5-11-9(3)7-6-8(2)10(11)4/h5,8-11H,1,6-7H2,2-4H3. The number of hydrogen-bond acceptors (Lipinski definition) is 0. The van der Waals surface area contributed by atoms with Gasteiger partial charge < -0.3 is 0 Å². The summed E-state index contributed by atoms with van der Waals surface area (Å²) in [6, 6.07) is 0. The lowest BCUT2D eigenvalue weighted by Crippen LogP contribution is -2.28. The molecule has 1 saturated carbocycles. The SMILES string of the molecule is C=CC1C(C)CCC(C)C1C. The zero-order valence-electron chi connectivity index (χ0n) is 8.01. The van der Waals surface area contributed by atoms with Gasteiger partial charge >= 0.3 is 0 Å². The van der Waals surface area contributed by atoms with Crippen molar-refractivity contribution in [2.75, 3.05) is 0 Å². The summed E-state index contributed by atoms with van der Waals surface area (Å²) < 4.78 is 0. The van der Waals surface area contributed by atoms with E-state index in [4.69, 9.17) is 0 Å². The Morgan fingerprint density at radius 2 is 1.64 bits per heavy atom. The minimum Gasteiger partial charge on any atom is -0.103 e. The van der Waals surface area contributed by atoms with E-state index >= 15 is 0 Å². The zero-order chi connectivity index (χ0) is 8.43. The number of hydrogen-bond donors (Lipinski definition) is 0. The van der Waals surface area contributed by atoms with Gasteiger partial charge in [0.05, 0.1) is 0 Å². The second-order valence-electron chi connectivity index (χ2n) is 4.20. The van der Waals surface area contributed by atoms with E-state index in [1.807, 2.05) is 0 Å². The van der Waals surface area contributed by atoms with Crippen LogP contribution < -0.4 is 0 Å². The Kier molecular flexibility index (Phi) is 2.75. The normalized spacial score (nSPS) is 45.4. The van der Waals surface area contributed by atoms with Gasteiger partial charge in [0, 0.05) is 0 Å². The minimum absolute atomic E-state index is 0.763. The quantitative estimate of drug-likeness (QED) is 0.504. The second kappa shape index (κ2) is 3.42. The maximum Gasteiger partial charge on any atom is -0.0182 e. The summed E-state index contributed by atoms with van der Waals surface area (Å²) in [7, 11) is 0. The van der Waals surface area contributed by atoms with E-state index in [0.717, 1.165) is 23.7 Å². The predicted octanol–water partition coefficient (Wildman–Crippen LogP) is 3.49. The fraction of sp³-hybridized carbons (Fsp3) is 0.818. The van der Waals surface area contributed by atoms with Crippen molar-refractivity contribution in [3.63, 3.8) is 0 Å². The van der Waals surface area contributed by atoms with Gasteiger partial charge in [-0.05, 0) is 30.1 Å². The first-order chi connectivity index (χ1) is 5.16. The Morgan fingerprint density at radius 1 is 1.09 bits per heavy atom. The van der Waals surface area contributed by atoms with Crippen molar-refractivity contribution in [2.24, 2.45) is 23.7 Å². The van der Waals surface area contributed by atoms with E-state index in [0.29, 0.717) is 0 Å². The highest BCUT2D eigenvalue weighted by atomic mass is 14.3. The van der Waals surface area contributed by atoms with Gasteiger partial charge in [0.15, 0.2) is 0 Å². The third-order valence-electron chi connectivity index (χ3n) is 3.51. The third-order valence-corrected chi connectivity index (χ3v) is 3.51. The van der Waals surface area contributed by atoms with Gasteiger partial charge in [0.1, 0.15) is 0 Å². The Bertz CT molecular complexity index is 137. The maximum atomic E-state index is 3.92. The third kappa shape index (κ3) is 1.66.